The lowest BCUT2D eigenvalue weighted by atomic mass is 9.93. The summed E-state index contributed by atoms with van der Waals surface area (Å²) in [5.74, 6) is -0.423. The van der Waals surface area contributed by atoms with Crippen LogP contribution in [0.3, 0.4) is 0 Å². The van der Waals surface area contributed by atoms with Crippen molar-refractivity contribution in [1.82, 2.24) is 4.90 Å². The highest BCUT2D eigenvalue weighted by atomic mass is 35.5. The number of ketones is 1. The Bertz CT molecular complexity index is 1080. The van der Waals surface area contributed by atoms with Crippen LogP contribution >= 0.6 is 11.6 Å². The number of hydrogen-bond acceptors (Lipinski definition) is 4. The molecule has 1 saturated carbocycles. The monoisotopic (exact) mass is 467 g/mol. The van der Waals surface area contributed by atoms with Gasteiger partial charge in [-0.3, -0.25) is 9.59 Å². The third kappa shape index (κ3) is 4.39. The normalized spacial score (nSPS) is 20.8. The Balaban J connectivity index is 1.87. The Morgan fingerprint density at radius 1 is 1.12 bits per heavy atom. The average molecular weight is 468 g/mol. The Hall–Kier alpha value is -2.79. The lowest BCUT2D eigenvalue weighted by molar-refractivity contribution is -0.141. The second kappa shape index (κ2) is 9.60. The number of Topliss-reactive ketones (excluding diaryl/α,β-unsaturated/α-hetero) is 1. The van der Waals surface area contributed by atoms with E-state index >= 15 is 0 Å². The minimum atomic E-state index is -0.640. The molecule has 1 saturated heterocycles. The van der Waals surface area contributed by atoms with Gasteiger partial charge in [-0.2, -0.15) is 0 Å². The number of ether oxygens (including phenoxy) is 1. The molecule has 1 aliphatic carbocycles. The summed E-state index contributed by atoms with van der Waals surface area (Å²) >= 11 is 6.10. The minimum absolute atomic E-state index is 0.0148. The van der Waals surface area contributed by atoms with Crippen molar-refractivity contribution in [3.63, 3.8) is 0 Å². The van der Waals surface area contributed by atoms with E-state index in [0.717, 1.165) is 42.6 Å². The number of hydrogen-bond donors (Lipinski definition) is 1. The average Bonchev–Trinajstić information content (AvgIpc) is 3.41. The molecule has 1 unspecified atom stereocenters. The van der Waals surface area contributed by atoms with Crippen LogP contribution in [-0.4, -0.2) is 34.3 Å². The van der Waals surface area contributed by atoms with Gasteiger partial charge in [-0.1, -0.05) is 50.4 Å². The van der Waals surface area contributed by atoms with Crippen molar-refractivity contribution in [3.8, 4) is 5.75 Å². The number of aliphatic hydroxyl groups excluding tert-OH is 1. The minimum Gasteiger partial charge on any atom is -0.507 e. The van der Waals surface area contributed by atoms with E-state index in [9.17, 15) is 14.7 Å². The fraction of sp³-hybridized carbons (Fsp3) is 0.407. The topological polar surface area (TPSA) is 66.8 Å². The zero-order valence-electron chi connectivity index (χ0n) is 19.3. The number of halogens is 1. The van der Waals surface area contributed by atoms with Gasteiger partial charge in [0.2, 0.25) is 0 Å². The molecule has 2 aromatic rings. The number of nitrogens with zero attached hydrogens (tertiary/aromatic N) is 1. The molecule has 6 heteroatoms. The Morgan fingerprint density at radius 2 is 1.79 bits per heavy atom. The van der Waals surface area contributed by atoms with Crippen molar-refractivity contribution in [1.29, 1.82) is 0 Å². The molecule has 33 heavy (non-hydrogen) atoms. The van der Waals surface area contributed by atoms with Crippen LogP contribution in [0.15, 0.2) is 48.0 Å². The molecule has 1 aliphatic heterocycles. The summed E-state index contributed by atoms with van der Waals surface area (Å²) in [5, 5.41) is 12.0. The number of rotatable bonds is 6. The molecule has 0 spiro atoms. The van der Waals surface area contributed by atoms with Gasteiger partial charge in [0.15, 0.2) is 0 Å². The second-order valence-electron chi connectivity index (χ2n) is 9.04. The van der Waals surface area contributed by atoms with Crippen LogP contribution in [0.1, 0.15) is 75.1 Å². The maximum atomic E-state index is 13.3. The first-order valence-electron chi connectivity index (χ1n) is 11.7. The standard InChI is InChI=1S/C27H30ClNO4/c1-4-33-22-14-11-18(15-21(22)16(2)3)25(30)23-24(17-9-12-19(28)13-10-17)29(27(32)26(23)31)20-7-5-6-8-20/h9-16,20,24,30H,4-8H2,1-3H3/b25-23-. The van der Waals surface area contributed by atoms with Gasteiger partial charge in [-0.15, -0.1) is 0 Å². The largest absolute Gasteiger partial charge is 0.507 e. The Labute approximate surface area is 200 Å². The molecule has 1 atom stereocenters. The zero-order valence-corrected chi connectivity index (χ0v) is 20.1. The quantitative estimate of drug-likeness (QED) is 0.311. The summed E-state index contributed by atoms with van der Waals surface area (Å²) < 4.78 is 5.74. The van der Waals surface area contributed by atoms with E-state index in [-0.39, 0.29) is 23.3 Å². The van der Waals surface area contributed by atoms with Crippen molar-refractivity contribution in [3.05, 3.63) is 69.8 Å². The molecule has 174 valence electrons. The molecular formula is C27H30ClNO4. The van der Waals surface area contributed by atoms with Crippen LogP contribution in [0.5, 0.6) is 5.75 Å². The van der Waals surface area contributed by atoms with Gasteiger partial charge < -0.3 is 14.7 Å². The fourth-order valence-corrected chi connectivity index (χ4v) is 5.10. The number of amides is 1. The highest BCUT2D eigenvalue weighted by Gasteiger charge is 2.49. The zero-order chi connectivity index (χ0) is 23.7. The van der Waals surface area contributed by atoms with Gasteiger partial charge in [0.05, 0.1) is 18.2 Å². The van der Waals surface area contributed by atoms with Crippen molar-refractivity contribution in [2.45, 2.75) is 64.5 Å². The Morgan fingerprint density at radius 3 is 2.39 bits per heavy atom. The molecule has 0 aromatic heterocycles. The van der Waals surface area contributed by atoms with Crippen LogP contribution in [-0.2, 0) is 9.59 Å². The van der Waals surface area contributed by atoms with Gasteiger partial charge in [-0.05, 0) is 67.1 Å². The third-order valence-electron chi connectivity index (χ3n) is 6.59. The van der Waals surface area contributed by atoms with Crippen molar-refractivity contribution in [2.24, 2.45) is 0 Å². The van der Waals surface area contributed by atoms with E-state index in [4.69, 9.17) is 16.3 Å². The van der Waals surface area contributed by atoms with Gasteiger partial charge in [0.1, 0.15) is 11.5 Å². The molecule has 0 radical (unpaired) electrons. The van der Waals surface area contributed by atoms with E-state index < -0.39 is 17.7 Å². The summed E-state index contributed by atoms with van der Waals surface area (Å²) in [6.07, 6.45) is 3.77. The van der Waals surface area contributed by atoms with Crippen LogP contribution in [0, 0.1) is 0 Å². The van der Waals surface area contributed by atoms with Crippen molar-refractivity contribution >= 4 is 29.1 Å². The summed E-state index contributed by atoms with van der Waals surface area (Å²) in [6.45, 7) is 6.56. The highest BCUT2D eigenvalue weighted by Crippen LogP contribution is 2.44. The van der Waals surface area contributed by atoms with Gasteiger partial charge in [0.25, 0.3) is 11.7 Å². The molecule has 0 bridgehead atoms. The number of benzene rings is 2. The molecule has 2 aliphatic rings. The molecule has 2 fully saturated rings. The first-order valence-corrected chi connectivity index (χ1v) is 12.0. The molecule has 2 aromatic carbocycles. The lowest BCUT2D eigenvalue weighted by Crippen LogP contribution is -2.37. The number of carbonyl (C=O) groups excluding carboxylic acids is 2. The highest BCUT2D eigenvalue weighted by molar-refractivity contribution is 6.46. The summed E-state index contributed by atoms with van der Waals surface area (Å²) in [7, 11) is 0. The van der Waals surface area contributed by atoms with E-state index in [1.165, 1.54) is 0 Å². The summed E-state index contributed by atoms with van der Waals surface area (Å²) in [6, 6.07) is 11.9. The Kier molecular flexibility index (Phi) is 6.80. The van der Waals surface area contributed by atoms with Crippen molar-refractivity contribution < 1.29 is 19.4 Å². The van der Waals surface area contributed by atoms with E-state index in [1.54, 1.807) is 23.1 Å². The van der Waals surface area contributed by atoms with Gasteiger partial charge >= 0.3 is 0 Å². The number of aliphatic hydroxyl groups is 1. The molecule has 4 rings (SSSR count). The maximum Gasteiger partial charge on any atom is 0.295 e. The summed E-state index contributed by atoms with van der Waals surface area (Å²) in [5.41, 5.74) is 2.34. The summed E-state index contributed by atoms with van der Waals surface area (Å²) in [4.78, 5) is 28.1. The van der Waals surface area contributed by atoms with Crippen molar-refractivity contribution in [2.75, 3.05) is 6.61 Å². The smallest absolute Gasteiger partial charge is 0.295 e. The fourth-order valence-electron chi connectivity index (χ4n) is 4.97. The van der Waals surface area contributed by atoms with Crippen LogP contribution in [0.4, 0.5) is 0 Å². The molecule has 1 N–H and O–H groups in total. The number of likely N-dealkylation sites (tertiary alicyclic amines) is 1. The third-order valence-corrected chi connectivity index (χ3v) is 6.84. The van der Waals surface area contributed by atoms with E-state index in [0.29, 0.717) is 17.2 Å². The predicted molar refractivity (Wildman–Crippen MR) is 130 cm³/mol. The van der Waals surface area contributed by atoms with E-state index in [1.807, 2.05) is 31.2 Å². The van der Waals surface area contributed by atoms with Crippen LogP contribution in [0.2, 0.25) is 5.02 Å². The predicted octanol–water partition coefficient (Wildman–Crippen LogP) is 6.23. The second-order valence-corrected chi connectivity index (χ2v) is 9.47. The van der Waals surface area contributed by atoms with Crippen LogP contribution in [0.25, 0.3) is 5.76 Å². The van der Waals surface area contributed by atoms with E-state index in [2.05, 4.69) is 13.8 Å². The van der Waals surface area contributed by atoms with Gasteiger partial charge in [-0.25, -0.2) is 0 Å². The van der Waals surface area contributed by atoms with Crippen LogP contribution < -0.4 is 4.74 Å². The molecule has 5 nitrogen and oxygen atoms in total. The first-order chi connectivity index (χ1) is 15.8. The molecule has 1 heterocycles. The molecule has 1 amide bonds. The lowest BCUT2D eigenvalue weighted by Gasteiger charge is -2.30. The molecular weight excluding hydrogens is 438 g/mol. The maximum absolute atomic E-state index is 13.3. The number of carbonyl (C=O) groups is 2. The van der Waals surface area contributed by atoms with Gasteiger partial charge in [0, 0.05) is 16.6 Å². The SMILES string of the molecule is CCOc1ccc(/C(O)=C2/C(=O)C(=O)N(C3CCCC3)C2c2ccc(Cl)cc2)cc1C(C)C. The first kappa shape index (κ1) is 23.4.